The first-order valence-electron chi connectivity index (χ1n) is 9.17. The molecule has 0 heterocycles. The van der Waals surface area contributed by atoms with E-state index in [2.05, 4.69) is 67.2 Å². The highest BCUT2D eigenvalue weighted by Gasteiger charge is 2.06. The molecule has 0 aromatic heterocycles. The number of benzene rings is 4. The first-order valence-corrected chi connectivity index (χ1v) is 9.17. The summed E-state index contributed by atoms with van der Waals surface area (Å²) in [7, 11) is 0. The molecule has 0 aliphatic carbocycles. The van der Waals surface area contributed by atoms with Crippen LogP contribution in [0.4, 0.5) is 0 Å². The smallest absolute Gasteiger partial charge is 0.338 e. The van der Waals surface area contributed by atoms with Gasteiger partial charge in [0.1, 0.15) is 5.75 Å². The van der Waals surface area contributed by atoms with Crippen LogP contribution in [-0.2, 0) is 4.79 Å². The third-order valence-electron chi connectivity index (χ3n) is 4.69. The van der Waals surface area contributed by atoms with Gasteiger partial charge in [-0.3, -0.25) is 0 Å². The topological polar surface area (TPSA) is 26.3 Å². The monoisotopic (exact) mass is 364 g/mol. The molecule has 0 radical (unpaired) electrons. The van der Waals surface area contributed by atoms with Crippen molar-refractivity contribution in [1.82, 2.24) is 0 Å². The lowest BCUT2D eigenvalue weighted by Crippen LogP contribution is -2.07. The Balaban J connectivity index is 1.61. The van der Waals surface area contributed by atoms with Crippen LogP contribution < -0.4 is 4.74 Å². The van der Waals surface area contributed by atoms with E-state index in [1.807, 2.05) is 18.2 Å². The fourth-order valence-corrected chi connectivity index (χ4v) is 3.15. The molecule has 28 heavy (non-hydrogen) atoms. The number of carbonyl (C=O) groups excluding carboxylic acids is 1. The summed E-state index contributed by atoms with van der Waals surface area (Å²) in [6.45, 7) is 5.23. The fraction of sp³-hybridized carbons (Fsp3) is 0.0385. The molecule has 2 nitrogen and oxygen atoms in total. The third-order valence-corrected chi connectivity index (χ3v) is 4.69. The lowest BCUT2D eigenvalue weighted by molar-refractivity contribution is -0.130. The van der Waals surface area contributed by atoms with Gasteiger partial charge in [-0.1, -0.05) is 73.3 Å². The van der Waals surface area contributed by atoms with E-state index in [-0.39, 0.29) is 0 Å². The van der Waals surface area contributed by atoms with E-state index in [0.717, 1.165) is 11.1 Å². The Kier molecular flexibility index (Phi) is 4.77. The van der Waals surface area contributed by atoms with Crippen molar-refractivity contribution < 1.29 is 9.53 Å². The molecule has 0 amide bonds. The quantitative estimate of drug-likeness (QED) is 0.230. The predicted octanol–water partition coefficient (Wildman–Crippen LogP) is 6.66. The lowest BCUT2D eigenvalue weighted by atomic mass is 9.98. The van der Waals surface area contributed by atoms with Crippen molar-refractivity contribution in [2.75, 3.05) is 0 Å². The van der Waals surface area contributed by atoms with Gasteiger partial charge >= 0.3 is 5.97 Å². The molecule has 0 fully saturated rings. The summed E-state index contributed by atoms with van der Waals surface area (Å²) in [5, 5.41) is 2.40. The maximum Gasteiger partial charge on any atom is 0.338 e. The minimum atomic E-state index is -0.410. The van der Waals surface area contributed by atoms with Gasteiger partial charge in [0.05, 0.1) is 0 Å². The molecule has 0 saturated heterocycles. The lowest BCUT2D eigenvalue weighted by Gasteiger charge is -2.08. The minimum Gasteiger partial charge on any atom is -0.423 e. The normalized spacial score (nSPS) is 10.6. The van der Waals surface area contributed by atoms with Crippen molar-refractivity contribution in [1.29, 1.82) is 0 Å². The Morgan fingerprint density at radius 3 is 1.71 bits per heavy atom. The molecular weight excluding hydrogens is 344 g/mol. The molecule has 0 N–H and O–H groups in total. The predicted molar refractivity (Wildman–Crippen MR) is 115 cm³/mol. The van der Waals surface area contributed by atoms with Crippen molar-refractivity contribution in [3.63, 3.8) is 0 Å². The number of hydrogen-bond donors (Lipinski definition) is 0. The molecular formula is C26H20O2. The highest BCUT2D eigenvalue weighted by Crippen LogP contribution is 2.29. The van der Waals surface area contributed by atoms with E-state index in [0.29, 0.717) is 11.3 Å². The number of rotatable bonds is 4. The number of esters is 1. The van der Waals surface area contributed by atoms with E-state index >= 15 is 0 Å². The van der Waals surface area contributed by atoms with E-state index in [9.17, 15) is 4.79 Å². The number of fused-ring (bicyclic) bond motifs is 1. The van der Waals surface area contributed by atoms with Crippen molar-refractivity contribution in [3.8, 4) is 28.0 Å². The molecule has 0 unspecified atom stereocenters. The van der Waals surface area contributed by atoms with Gasteiger partial charge in [0, 0.05) is 5.57 Å². The van der Waals surface area contributed by atoms with Crippen LogP contribution in [0.15, 0.2) is 103 Å². The highest BCUT2D eigenvalue weighted by molar-refractivity contribution is 5.91. The molecule has 0 saturated carbocycles. The summed E-state index contributed by atoms with van der Waals surface area (Å²) >= 11 is 0. The van der Waals surface area contributed by atoms with Crippen LogP contribution in [0.5, 0.6) is 5.75 Å². The zero-order valence-corrected chi connectivity index (χ0v) is 15.7. The molecule has 0 aliphatic rings. The van der Waals surface area contributed by atoms with Gasteiger partial charge < -0.3 is 4.74 Å². The van der Waals surface area contributed by atoms with Gasteiger partial charge in [-0.05, 0) is 64.2 Å². The summed E-state index contributed by atoms with van der Waals surface area (Å²) in [4.78, 5) is 11.6. The van der Waals surface area contributed by atoms with Gasteiger partial charge in [0.25, 0.3) is 0 Å². The number of ether oxygens (including phenoxy) is 1. The fourth-order valence-electron chi connectivity index (χ4n) is 3.15. The molecule has 4 rings (SSSR count). The van der Waals surface area contributed by atoms with Crippen LogP contribution in [-0.4, -0.2) is 5.97 Å². The van der Waals surface area contributed by atoms with Crippen molar-refractivity contribution in [2.24, 2.45) is 0 Å². The number of hydrogen-bond acceptors (Lipinski definition) is 2. The molecule has 136 valence electrons. The first-order chi connectivity index (χ1) is 13.6. The molecule has 4 aromatic carbocycles. The average molecular weight is 364 g/mol. The highest BCUT2D eigenvalue weighted by atomic mass is 16.5. The van der Waals surface area contributed by atoms with Crippen molar-refractivity contribution in [2.45, 2.75) is 6.92 Å². The van der Waals surface area contributed by atoms with Gasteiger partial charge in [0.2, 0.25) is 0 Å². The Morgan fingerprint density at radius 1 is 0.679 bits per heavy atom. The average Bonchev–Trinajstić information content (AvgIpc) is 2.74. The molecule has 0 atom stereocenters. The summed E-state index contributed by atoms with van der Waals surface area (Å²) < 4.78 is 5.25. The van der Waals surface area contributed by atoms with E-state index in [1.165, 1.54) is 21.9 Å². The second-order valence-corrected chi connectivity index (χ2v) is 6.84. The second kappa shape index (κ2) is 7.53. The van der Waals surface area contributed by atoms with Gasteiger partial charge in [-0.25, -0.2) is 4.79 Å². The zero-order chi connectivity index (χ0) is 19.5. The van der Waals surface area contributed by atoms with Crippen LogP contribution in [0.25, 0.3) is 33.0 Å². The Hall–Kier alpha value is -3.65. The summed E-state index contributed by atoms with van der Waals surface area (Å²) in [6.07, 6.45) is 0. The molecule has 0 aliphatic heterocycles. The van der Waals surface area contributed by atoms with Gasteiger partial charge in [-0.2, -0.15) is 0 Å². The van der Waals surface area contributed by atoms with Crippen LogP contribution in [0.3, 0.4) is 0 Å². The third kappa shape index (κ3) is 3.72. The first kappa shape index (κ1) is 17.7. The molecule has 4 aromatic rings. The maximum absolute atomic E-state index is 11.6. The molecule has 0 bridgehead atoms. The summed E-state index contributed by atoms with van der Waals surface area (Å²) in [5.41, 5.74) is 5.01. The van der Waals surface area contributed by atoms with Crippen LogP contribution in [0.1, 0.15) is 6.92 Å². The molecule has 0 spiro atoms. The largest absolute Gasteiger partial charge is 0.423 e. The van der Waals surface area contributed by atoms with E-state index < -0.39 is 5.97 Å². The molecule has 2 heteroatoms. The zero-order valence-electron chi connectivity index (χ0n) is 15.7. The second-order valence-electron chi connectivity index (χ2n) is 6.84. The van der Waals surface area contributed by atoms with Gasteiger partial charge in [0.15, 0.2) is 0 Å². The van der Waals surface area contributed by atoms with E-state index in [1.54, 1.807) is 19.1 Å². The summed E-state index contributed by atoms with van der Waals surface area (Å²) in [5.74, 6) is 0.109. The Labute approximate surface area is 164 Å². The SMILES string of the molecule is C=C(C)C(=O)Oc1ccc(-c2ccc3cc(-c4ccccc4)ccc3c2)cc1. The Morgan fingerprint density at radius 2 is 1.18 bits per heavy atom. The Bertz CT molecular complexity index is 1160. The van der Waals surface area contributed by atoms with Crippen molar-refractivity contribution in [3.05, 3.63) is 103 Å². The minimum absolute atomic E-state index is 0.383. The van der Waals surface area contributed by atoms with Crippen LogP contribution >= 0.6 is 0 Å². The van der Waals surface area contributed by atoms with Gasteiger partial charge in [-0.15, -0.1) is 0 Å². The van der Waals surface area contributed by atoms with E-state index in [4.69, 9.17) is 4.74 Å². The van der Waals surface area contributed by atoms with Crippen LogP contribution in [0.2, 0.25) is 0 Å². The maximum atomic E-state index is 11.6. The standard InChI is InChI=1S/C26H20O2/c1-18(2)26(27)28-25-14-12-20(13-15-25)22-9-11-23-16-21(8-10-24(23)17-22)19-6-4-3-5-7-19/h3-17H,1H2,2H3. The van der Waals surface area contributed by atoms with Crippen LogP contribution in [0, 0.1) is 0 Å². The number of carbonyl (C=O) groups is 1. The summed E-state index contributed by atoms with van der Waals surface area (Å²) in [6, 6.07) is 30.9. The van der Waals surface area contributed by atoms with Crippen molar-refractivity contribution >= 4 is 16.7 Å².